The maximum atomic E-state index is 13.5. The molecule has 0 saturated carbocycles. The van der Waals surface area contributed by atoms with Crippen LogP contribution in [0.1, 0.15) is 46.5 Å². The predicted molar refractivity (Wildman–Crippen MR) is 126 cm³/mol. The van der Waals surface area contributed by atoms with Gasteiger partial charge in [0.15, 0.2) is 12.0 Å². The fraction of sp³-hybridized carbons (Fsp3) is 0.542. The third kappa shape index (κ3) is 5.92. The Morgan fingerprint density at radius 3 is 2.61 bits per heavy atom. The summed E-state index contributed by atoms with van der Waals surface area (Å²) in [6.07, 6.45) is 7.97. The van der Waals surface area contributed by atoms with E-state index in [1.165, 1.54) is 15.9 Å². The zero-order valence-corrected chi connectivity index (χ0v) is 20.4. The smallest absolute Gasteiger partial charge is 0.294 e. The molecule has 0 aromatic rings. The van der Waals surface area contributed by atoms with Gasteiger partial charge in [0.2, 0.25) is 0 Å². The lowest BCUT2D eigenvalue weighted by Crippen LogP contribution is -2.63. The number of nitrogens with zero attached hydrogens (tertiary/aromatic N) is 2. The molecule has 0 spiro atoms. The number of amides is 2. The van der Waals surface area contributed by atoms with E-state index in [1.807, 2.05) is 20.8 Å². The van der Waals surface area contributed by atoms with E-state index in [9.17, 15) is 23.9 Å². The van der Waals surface area contributed by atoms with Crippen LogP contribution in [-0.2, 0) is 14.4 Å². The Kier molecular flexibility index (Phi) is 9.43. The van der Waals surface area contributed by atoms with Crippen molar-refractivity contribution in [1.82, 2.24) is 15.1 Å². The highest BCUT2D eigenvalue weighted by molar-refractivity contribution is 6.31. The van der Waals surface area contributed by atoms with Gasteiger partial charge >= 0.3 is 0 Å². The van der Waals surface area contributed by atoms with Crippen molar-refractivity contribution in [3.05, 3.63) is 46.6 Å². The van der Waals surface area contributed by atoms with Crippen LogP contribution in [0.25, 0.3) is 0 Å². The van der Waals surface area contributed by atoms with Gasteiger partial charge in [0.25, 0.3) is 11.8 Å². The molecule has 0 aromatic carbocycles. The highest BCUT2D eigenvalue weighted by Gasteiger charge is 2.44. The minimum absolute atomic E-state index is 0.000117. The average Bonchev–Trinajstić information content (AvgIpc) is 2.77. The molecule has 1 aliphatic heterocycles. The third-order valence-electron chi connectivity index (χ3n) is 6.21. The lowest BCUT2D eigenvalue weighted by atomic mass is 9.88. The normalized spacial score (nSPS) is 25.5. The van der Waals surface area contributed by atoms with Crippen LogP contribution in [0.3, 0.4) is 0 Å². The van der Waals surface area contributed by atoms with Gasteiger partial charge in [0, 0.05) is 13.1 Å². The maximum Gasteiger partial charge on any atom is 0.294 e. The first-order chi connectivity index (χ1) is 15.6. The van der Waals surface area contributed by atoms with Crippen molar-refractivity contribution in [2.24, 2.45) is 11.8 Å². The Bertz CT molecular complexity index is 896. The van der Waals surface area contributed by atoms with E-state index in [0.29, 0.717) is 25.5 Å². The minimum Gasteiger partial charge on any atom is -0.503 e. The van der Waals surface area contributed by atoms with Gasteiger partial charge in [-0.05, 0) is 44.2 Å². The number of allylic oxidation sites excluding steroid dienone is 4. The van der Waals surface area contributed by atoms with E-state index in [2.05, 4.69) is 5.32 Å². The van der Waals surface area contributed by atoms with E-state index in [4.69, 9.17) is 11.6 Å². The second kappa shape index (κ2) is 11.6. The van der Waals surface area contributed by atoms with Gasteiger partial charge < -0.3 is 10.0 Å². The van der Waals surface area contributed by atoms with Crippen molar-refractivity contribution in [3.63, 3.8) is 0 Å². The number of halogens is 2. The van der Waals surface area contributed by atoms with E-state index >= 15 is 0 Å². The Balaban J connectivity index is 2.43. The minimum atomic E-state index is -0.928. The van der Waals surface area contributed by atoms with Crippen LogP contribution < -0.4 is 5.32 Å². The number of nitrogens with one attached hydrogen (secondary N) is 1. The van der Waals surface area contributed by atoms with Gasteiger partial charge in [-0.1, -0.05) is 50.9 Å². The molecule has 7 nitrogen and oxygen atoms in total. The summed E-state index contributed by atoms with van der Waals surface area (Å²) in [5.41, 5.74) is -0.807. The van der Waals surface area contributed by atoms with Crippen LogP contribution in [0.4, 0.5) is 4.39 Å². The number of aliphatic hydroxyl groups excluding tert-OH is 1. The number of hydrogen-bond acceptors (Lipinski definition) is 5. The molecule has 0 saturated heterocycles. The van der Waals surface area contributed by atoms with Crippen molar-refractivity contribution >= 4 is 29.7 Å². The summed E-state index contributed by atoms with van der Waals surface area (Å²) in [5, 5.41) is 13.8. The van der Waals surface area contributed by atoms with E-state index in [-0.39, 0.29) is 35.7 Å². The molecule has 0 aromatic heterocycles. The molecule has 1 heterocycles. The summed E-state index contributed by atoms with van der Waals surface area (Å²) in [5.74, 6) is -2.92. The fourth-order valence-corrected chi connectivity index (χ4v) is 4.70. The number of carbonyl (C=O) groups excluding carboxylic acids is 3. The summed E-state index contributed by atoms with van der Waals surface area (Å²) in [4.78, 5) is 41.1. The van der Waals surface area contributed by atoms with Gasteiger partial charge in [0.1, 0.15) is 11.5 Å². The highest BCUT2D eigenvalue weighted by atomic mass is 35.5. The number of aliphatic hydroxyl groups is 1. The average molecular weight is 482 g/mol. The molecule has 0 radical (unpaired) electrons. The van der Waals surface area contributed by atoms with E-state index < -0.39 is 29.1 Å². The largest absolute Gasteiger partial charge is 0.503 e. The van der Waals surface area contributed by atoms with Gasteiger partial charge in [-0.3, -0.25) is 24.6 Å². The monoisotopic (exact) mass is 481 g/mol. The molecule has 182 valence electrons. The van der Waals surface area contributed by atoms with Gasteiger partial charge in [-0.25, -0.2) is 4.39 Å². The Morgan fingerprint density at radius 2 is 2.06 bits per heavy atom. The molecule has 2 amide bonds. The van der Waals surface area contributed by atoms with Gasteiger partial charge in [-0.2, -0.15) is 0 Å². The second-order valence-corrected chi connectivity index (χ2v) is 9.04. The van der Waals surface area contributed by atoms with Crippen LogP contribution in [-0.4, -0.2) is 58.8 Å². The Hall–Kier alpha value is -2.45. The lowest BCUT2D eigenvalue weighted by Gasteiger charge is -2.47. The quantitative estimate of drug-likeness (QED) is 0.512. The number of carbonyl (C=O) groups is 3. The molecule has 33 heavy (non-hydrogen) atoms. The molecule has 1 aliphatic carbocycles. The molecule has 9 heteroatoms. The summed E-state index contributed by atoms with van der Waals surface area (Å²) < 4.78 is 13.5. The number of hydrogen-bond donors (Lipinski definition) is 2. The Labute approximate surface area is 199 Å². The van der Waals surface area contributed by atoms with Crippen LogP contribution in [0.2, 0.25) is 0 Å². The van der Waals surface area contributed by atoms with Crippen LogP contribution in [0, 0.1) is 11.8 Å². The predicted octanol–water partition coefficient (Wildman–Crippen LogP) is 3.94. The van der Waals surface area contributed by atoms with Crippen molar-refractivity contribution in [2.45, 2.75) is 52.1 Å². The molecule has 2 aliphatic rings. The molecule has 2 N–H and O–H groups in total. The van der Waals surface area contributed by atoms with Crippen molar-refractivity contribution in [1.29, 1.82) is 0 Å². The third-order valence-corrected chi connectivity index (χ3v) is 6.52. The number of aldehydes is 1. The molecule has 2 atom stereocenters. The summed E-state index contributed by atoms with van der Waals surface area (Å²) >= 11 is 5.88. The number of rotatable bonds is 8. The SMILES string of the molecule is CCCC(NC)(C(C)C)N1C(=O)/C(O)=C/C(=O)N(CC2C=C(Cl)C(F)=CC2)CC/C=C/1C=O. The molecular weight excluding hydrogens is 449 g/mol. The fourth-order valence-electron chi connectivity index (χ4n) is 4.45. The van der Waals surface area contributed by atoms with E-state index in [1.54, 1.807) is 19.2 Å². The molecular formula is C24H33ClFN3O4. The zero-order valence-electron chi connectivity index (χ0n) is 19.6. The van der Waals surface area contributed by atoms with Crippen LogP contribution in [0.5, 0.6) is 0 Å². The summed E-state index contributed by atoms with van der Waals surface area (Å²) in [6, 6.07) is 0. The molecule has 2 unspecified atom stereocenters. The lowest BCUT2D eigenvalue weighted by molar-refractivity contribution is -0.139. The van der Waals surface area contributed by atoms with Crippen molar-refractivity contribution in [3.8, 4) is 0 Å². The molecule has 0 bridgehead atoms. The Morgan fingerprint density at radius 1 is 1.36 bits per heavy atom. The topological polar surface area (TPSA) is 90.0 Å². The van der Waals surface area contributed by atoms with Gasteiger partial charge in [0.05, 0.1) is 16.8 Å². The van der Waals surface area contributed by atoms with Crippen LogP contribution >= 0.6 is 11.6 Å². The van der Waals surface area contributed by atoms with E-state index in [0.717, 1.165) is 12.5 Å². The first-order valence-corrected chi connectivity index (χ1v) is 11.6. The van der Waals surface area contributed by atoms with Crippen molar-refractivity contribution in [2.75, 3.05) is 20.1 Å². The van der Waals surface area contributed by atoms with Gasteiger partial charge in [-0.15, -0.1) is 0 Å². The standard InChI is InChI=1S/C24H33ClFN3O4/c1-5-10-24(27-4,16(2)3)29-18(15-30)7-6-11-28(22(32)13-21(31)23(29)33)14-17-8-9-20(26)19(25)12-17/h7,9,12-13,15-17,27,31H,5-6,8,10-11,14H2,1-4H3/b18-7+,21-13-. The van der Waals surface area contributed by atoms with Crippen molar-refractivity contribution < 1.29 is 23.9 Å². The zero-order chi connectivity index (χ0) is 24.8. The summed E-state index contributed by atoms with van der Waals surface area (Å²) in [6.45, 7) is 6.29. The first-order valence-electron chi connectivity index (χ1n) is 11.2. The second-order valence-electron chi connectivity index (χ2n) is 8.63. The molecule has 0 fully saturated rings. The summed E-state index contributed by atoms with van der Waals surface area (Å²) in [7, 11) is 1.71. The highest BCUT2D eigenvalue weighted by Crippen LogP contribution is 2.32. The maximum absolute atomic E-state index is 13.5. The first kappa shape index (κ1) is 26.8. The van der Waals surface area contributed by atoms with Crippen LogP contribution in [0.15, 0.2) is 46.6 Å². The molecule has 2 rings (SSSR count).